The molecule has 1 aromatic carbocycles. The Hall–Kier alpha value is -0.540. The van der Waals surface area contributed by atoms with Gasteiger partial charge in [-0.3, -0.25) is 4.79 Å². The van der Waals surface area contributed by atoms with Crippen LogP contribution in [0.5, 0.6) is 0 Å². The van der Waals surface area contributed by atoms with Crippen LogP contribution in [-0.2, 0) is 0 Å². The maximum Gasteiger partial charge on any atom is 0.254 e. The summed E-state index contributed by atoms with van der Waals surface area (Å²) in [6, 6.07) is 7.69. The van der Waals surface area contributed by atoms with E-state index >= 15 is 0 Å². The minimum atomic E-state index is 0.0875. The van der Waals surface area contributed by atoms with Gasteiger partial charge in [-0.25, -0.2) is 0 Å². The number of nitrogens with zero attached hydrogens (tertiary/aromatic N) is 1. The monoisotopic (exact) mass is 301 g/mol. The van der Waals surface area contributed by atoms with Gasteiger partial charge in [-0.15, -0.1) is 11.6 Å². The molecule has 1 heterocycles. The van der Waals surface area contributed by atoms with Crippen molar-refractivity contribution in [1.29, 1.82) is 0 Å². The van der Waals surface area contributed by atoms with E-state index in [2.05, 4.69) is 15.9 Å². The molecule has 2 rings (SSSR count). The molecule has 16 heavy (non-hydrogen) atoms. The molecule has 1 aromatic rings. The Kier molecular flexibility index (Phi) is 3.87. The number of carbonyl (C=O) groups is 1. The molecule has 86 valence electrons. The second-order valence-electron chi connectivity index (χ2n) is 3.96. The molecule has 0 radical (unpaired) electrons. The minimum Gasteiger partial charge on any atom is -0.334 e. The summed E-state index contributed by atoms with van der Waals surface area (Å²) in [6.07, 6.45) is 2.07. The molecule has 1 fully saturated rings. The lowest BCUT2D eigenvalue weighted by Gasteiger charge is -2.23. The Morgan fingerprint density at radius 1 is 1.56 bits per heavy atom. The van der Waals surface area contributed by atoms with Crippen LogP contribution in [0.2, 0.25) is 0 Å². The largest absolute Gasteiger partial charge is 0.334 e. The number of rotatable bonds is 2. The molecule has 0 aliphatic carbocycles. The van der Waals surface area contributed by atoms with E-state index in [4.69, 9.17) is 11.6 Å². The lowest BCUT2D eigenvalue weighted by Crippen LogP contribution is -2.36. The lowest BCUT2D eigenvalue weighted by molar-refractivity contribution is 0.0749. The molecule has 1 amide bonds. The zero-order chi connectivity index (χ0) is 11.5. The molecule has 0 unspecified atom stereocenters. The maximum absolute atomic E-state index is 12.2. The van der Waals surface area contributed by atoms with Gasteiger partial charge >= 0.3 is 0 Å². The topological polar surface area (TPSA) is 20.3 Å². The summed E-state index contributed by atoms with van der Waals surface area (Å²) in [5.41, 5.74) is 0.728. The van der Waals surface area contributed by atoms with Gasteiger partial charge in [-0.05, 0) is 31.0 Å². The maximum atomic E-state index is 12.2. The van der Waals surface area contributed by atoms with Gasteiger partial charge in [-0.1, -0.05) is 22.0 Å². The molecule has 1 saturated heterocycles. The molecule has 1 aliphatic heterocycles. The number of benzene rings is 1. The predicted molar refractivity (Wildman–Crippen MR) is 68.9 cm³/mol. The van der Waals surface area contributed by atoms with Crippen LogP contribution in [0.1, 0.15) is 23.2 Å². The van der Waals surface area contributed by atoms with Gasteiger partial charge in [0.25, 0.3) is 5.91 Å². The second kappa shape index (κ2) is 5.19. The van der Waals surface area contributed by atoms with E-state index in [-0.39, 0.29) is 11.9 Å². The molecule has 4 heteroatoms. The molecule has 0 spiro atoms. The van der Waals surface area contributed by atoms with Crippen molar-refractivity contribution in [1.82, 2.24) is 4.90 Å². The number of likely N-dealkylation sites (tertiary alicyclic amines) is 1. The highest BCUT2D eigenvalue weighted by molar-refractivity contribution is 9.10. The number of alkyl halides is 1. The Morgan fingerprint density at radius 2 is 2.38 bits per heavy atom. The third-order valence-electron chi connectivity index (χ3n) is 2.89. The molecule has 0 saturated carbocycles. The van der Waals surface area contributed by atoms with E-state index in [1.165, 1.54) is 0 Å². The van der Waals surface area contributed by atoms with E-state index in [9.17, 15) is 4.79 Å². The molecule has 2 nitrogen and oxygen atoms in total. The Balaban J connectivity index is 2.18. The highest BCUT2D eigenvalue weighted by Crippen LogP contribution is 2.22. The Morgan fingerprint density at radius 3 is 3.06 bits per heavy atom. The number of halogens is 2. The summed E-state index contributed by atoms with van der Waals surface area (Å²) in [7, 11) is 0. The van der Waals surface area contributed by atoms with Crippen LogP contribution in [0, 0.1) is 0 Å². The molecular weight excluding hydrogens is 289 g/mol. The summed E-state index contributed by atoms with van der Waals surface area (Å²) in [4.78, 5) is 14.1. The molecule has 0 aromatic heterocycles. The summed E-state index contributed by atoms with van der Waals surface area (Å²) in [5, 5.41) is 0. The zero-order valence-electron chi connectivity index (χ0n) is 8.83. The van der Waals surface area contributed by atoms with Crippen molar-refractivity contribution in [2.75, 3.05) is 12.4 Å². The standard InChI is InChI=1S/C12H13BrClNO/c13-10-4-1-3-9(7-10)12(16)15-6-2-5-11(15)8-14/h1,3-4,7,11H,2,5-6,8H2/t11-/m0/s1. The van der Waals surface area contributed by atoms with Crippen molar-refractivity contribution >= 4 is 33.4 Å². The molecule has 1 atom stereocenters. The first-order valence-corrected chi connectivity index (χ1v) is 6.67. The average Bonchev–Trinajstić information content (AvgIpc) is 2.76. The number of hydrogen-bond donors (Lipinski definition) is 0. The van der Waals surface area contributed by atoms with Crippen LogP contribution in [0.3, 0.4) is 0 Å². The van der Waals surface area contributed by atoms with Crippen LogP contribution >= 0.6 is 27.5 Å². The first kappa shape index (κ1) is 11.9. The molecule has 0 bridgehead atoms. The van der Waals surface area contributed by atoms with Crippen molar-refractivity contribution in [2.24, 2.45) is 0 Å². The third kappa shape index (κ3) is 2.41. The molecular formula is C12H13BrClNO. The second-order valence-corrected chi connectivity index (χ2v) is 5.18. The van der Waals surface area contributed by atoms with E-state index in [1.807, 2.05) is 29.2 Å². The smallest absolute Gasteiger partial charge is 0.254 e. The summed E-state index contributed by atoms with van der Waals surface area (Å²) in [5.74, 6) is 0.615. The number of carbonyl (C=O) groups excluding carboxylic acids is 1. The number of hydrogen-bond acceptors (Lipinski definition) is 1. The highest BCUT2D eigenvalue weighted by Gasteiger charge is 2.28. The summed E-state index contributed by atoms with van der Waals surface area (Å²) in [6.45, 7) is 0.822. The van der Waals surface area contributed by atoms with E-state index in [0.717, 1.165) is 29.4 Å². The minimum absolute atomic E-state index is 0.0875. The first-order valence-electron chi connectivity index (χ1n) is 5.35. The van der Waals surface area contributed by atoms with E-state index in [0.29, 0.717) is 5.88 Å². The molecule has 0 N–H and O–H groups in total. The van der Waals surface area contributed by atoms with Crippen LogP contribution < -0.4 is 0 Å². The van der Waals surface area contributed by atoms with Crippen molar-refractivity contribution in [3.05, 3.63) is 34.3 Å². The molecule has 1 aliphatic rings. The van der Waals surface area contributed by atoms with Crippen molar-refractivity contribution in [3.8, 4) is 0 Å². The Bertz CT molecular complexity index is 396. The first-order chi connectivity index (χ1) is 7.72. The van der Waals surface area contributed by atoms with Crippen LogP contribution in [0.4, 0.5) is 0 Å². The van der Waals surface area contributed by atoms with E-state index < -0.39 is 0 Å². The van der Waals surface area contributed by atoms with Gasteiger partial charge in [0.1, 0.15) is 0 Å². The average molecular weight is 303 g/mol. The van der Waals surface area contributed by atoms with Gasteiger partial charge in [0.2, 0.25) is 0 Å². The van der Waals surface area contributed by atoms with Crippen LogP contribution in [-0.4, -0.2) is 29.3 Å². The normalized spacial score (nSPS) is 20.1. The number of amides is 1. The van der Waals surface area contributed by atoms with Crippen molar-refractivity contribution in [3.63, 3.8) is 0 Å². The van der Waals surface area contributed by atoms with Gasteiger partial charge in [0.05, 0.1) is 0 Å². The van der Waals surface area contributed by atoms with Crippen molar-refractivity contribution in [2.45, 2.75) is 18.9 Å². The third-order valence-corrected chi connectivity index (χ3v) is 3.74. The fraction of sp³-hybridized carbons (Fsp3) is 0.417. The predicted octanol–water partition coefficient (Wildman–Crippen LogP) is 3.29. The van der Waals surface area contributed by atoms with Gasteiger partial charge in [-0.2, -0.15) is 0 Å². The zero-order valence-corrected chi connectivity index (χ0v) is 11.2. The SMILES string of the molecule is O=C(c1cccc(Br)c1)N1CCC[C@H]1CCl. The lowest BCUT2D eigenvalue weighted by atomic mass is 10.2. The van der Waals surface area contributed by atoms with E-state index in [1.54, 1.807) is 0 Å². The van der Waals surface area contributed by atoms with Gasteiger partial charge in [0.15, 0.2) is 0 Å². The fourth-order valence-electron chi connectivity index (χ4n) is 2.05. The van der Waals surface area contributed by atoms with Crippen LogP contribution in [0.25, 0.3) is 0 Å². The quantitative estimate of drug-likeness (QED) is 0.768. The van der Waals surface area contributed by atoms with Gasteiger partial charge in [0, 0.05) is 28.5 Å². The van der Waals surface area contributed by atoms with Crippen LogP contribution in [0.15, 0.2) is 28.7 Å². The summed E-state index contributed by atoms with van der Waals surface area (Å²) < 4.78 is 0.931. The van der Waals surface area contributed by atoms with Crippen molar-refractivity contribution < 1.29 is 4.79 Å². The fourth-order valence-corrected chi connectivity index (χ4v) is 2.77. The Labute approximate surface area is 109 Å². The summed E-state index contributed by atoms with van der Waals surface area (Å²) >= 11 is 9.24. The highest BCUT2D eigenvalue weighted by atomic mass is 79.9. The van der Waals surface area contributed by atoms with Gasteiger partial charge < -0.3 is 4.90 Å².